The van der Waals surface area contributed by atoms with Crippen LogP contribution in [0.25, 0.3) is 32.9 Å². The minimum atomic E-state index is -0.302. The van der Waals surface area contributed by atoms with Crippen LogP contribution >= 0.6 is 0 Å². The van der Waals surface area contributed by atoms with Crippen LogP contribution in [0.2, 0.25) is 0 Å². The van der Waals surface area contributed by atoms with Gasteiger partial charge in [-0.1, -0.05) is 42.5 Å². The van der Waals surface area contributed by atoms with Gasteiger partial charge in [-0.05, 0) is 36.4 Å². The van der Waals surface area contributed by atoms with Gasteiger partial charge in [-0.25, -0.2) is 4.79 Å². The fraction of sp³-hybridized carbons (Fsp3) is 0. The van der Waals surface area contributed by atoms with Gasteiger partial charge in [0, 0.05) is 11.5 Å². The van der Waals surface area contributed by atoms with Crippen molar-refractivity contribution in [3.8, 4) is 0 Å². The summed E-state index contributed by atoms with van der Waals surface area (Å²) in [5.74, 6) is 0. The molecule has 2 heterocycles. The maximum atomic E-state index is 12.0. The predicted molar refractivity (Wildman–Crippen MR) is 102 cm³/mol. The summed E-state index contributed by atoms with van der Waals surface area (Å²) in [6, 6.07) is 25.2. The van der Waals surface area contributed by atoms with Gasteiger partial charge in [0.05, 0.1) is 10.8 Å². The molecule has 0 amide bonds. The minimum Gasteiger partial charge on any atom is -0.456 e. The SMILES string of the molecule is O=c1c2ccccc2oc2ccccc12.O=c1ccc2ccccc2o1. The van der Waals surface area contributed by atoms with Gasteiger partial charge in [0.25, 0.3) is 0 Å². The second-order valence-corrected chi connectivity index (χ2v) is 5.72. The van der Waals surface area contributed by atoms with E-state index in [0.29, 0.717) is 27.5 Å². The van der Waals surface area contributed by atoms with Crippen LogP contribution in [0, 0.1) is 0 Å². The van der Waals surface area contributed by atoms with E-state index in [0.717, 1.165) is 5.39 Å². The molecule has 0 N–H and O–H groups in total. The lowest BCUT2D eigenvalue weighted by Crippen LogP contribution is -2.01. The first-order valence-electron chi connectivity index (χ1n) is 8.12. The Labute approximate surface area is 147 Å². The van der Waals surface area contributed by atoms with Crippen molar-refractivity contribution in [2.24, 2.45) is 0 Å². The van der Waals surface area contributed by atoms with Gasteiger partial charge in [0.15, 0.2) is 0 Å². The quantitative estimate of drug-likeness (QED) is 0.301. The monoisotopic (exact) mass is 342 g/mol. The van der Waals surface area contributed by atoms with Crippen LogP contribution in [-0.2, 0) is 0 Å². The van der Waals surface area contributed by atoms with Crippen LogP contribution in [0.15, 0.2) is 103 Å². The largest absolute Gasteiger partial charge is 0.456 e. The van der Waals surface area contributed by atoms with Crippen LogP contribution in [0.4, 0.5) is 0 Å². The number of benzene rings is 3. The molecule has 0 saturated carbocycles. The topological polar surface area (TPSA) is 60.4 Å². The van der Waals surface area contributed by atoms with E-state index in [9.17, 15) is 9.59 Å². The molecule has 0 fully saturated rings. The Morgan fingerprint density at radius 2 is 1.04 bits per heavy atom. The first-order chi connectivity index (χ1) is 12.7. The zero-order valence-corrected chi connectivity index (χ0v) is 13.7. The molecule has 126 valence electrons. The Morgan fingerprint density at radius 1 is 0.500 bits per heavy atom. The van der Waals surface area contributed by atoms with Crippen LogP contribution in [-0.4, -0.2) is 0 Å². The van der Waals surface area contributed by atoms with Crippen LogP contribution in [0.5, 0.6) is 0 Å². The van der Waals surface area contributed by atoms with Gasteiger partial charge >= 0.3 is 5.63 Å². The highest BCUT2D eigenvalue weighted by Gasteiger charge is 2.04. The van der Waals surface area contributed by atoms with E-state index in [1.807, 2.05) is 54.6 Å². The van der Waals surface area contributed by atoms with Crippen LogP contribution in [0.1, 0.15) is 0 Å². The lowest BCUT2D eigenvalue weighted by atomic mass is 10.1. The summed E-state index contributed by atoms with van der Waals surface area (Å²) in [6.45, 7) is 0. The molecule has 4 nitrogen and oxygen atoms in total. The number of fused-ring (bicyclic) bond motifs is 3. The summed E-state index contributed by atoms with van der Waals surface area (Å²) in [7, 11) is 0. The van der Waals surface area contributed by atoms with Crippen molar-refractivity contribution in [3.63, 3.8) is 0 Å². The number of rotatable bonds is 0. The summed E-state index contributed by atoms with van der Waals surface area (Å²) in [5, 5.41) is 2.22. The molecule has 2 aromatic heterocycles. The Bertz CT molecular complexity index is 1270. The fourth-order valence-corrected chi connectivity index (χ4v) is 2.76. The average Bonchev–Trinajstić information content (AvgIpc) is 2.69. The maximum Gasteiger partial charge on any atom is 0.336 e. The second-order valence-electron chi connectivity index (χ2n) is 5.72. The molecule has 0 aliphatic heterocycles. The molecule has 0 atom stereocenters. The Kier molecular flexibility index (Phi) is 4.07. The summed E-state index contributed by atoms with van der Waals surface area (Å²) in [6.07, 6.45) is 0. The molecule has 4 heteroatoms. The van der Waals surface area contributed by atoms with E-state index in [1.165, 1.54) is 6.07 Å². The standard InChI is InChI=1S/C13H8O2.C9H6O2/c14-13-9-5-1-3-7-11(9)15-12-8-4-2-6-10(12)13;10-9-6-5-7-3-1-2-4-8(7)11-9/h1-8H;1-6H. The first-order valence-corrected chi connectivity index (χ1v) is 8.12. The molecule has 0 spiro atoms. The molecule has 26 heavy (non-hydrogen) atoms. The van der Waals surface area contributed by atoms with Gasteiger partial charge in [-0.15, -0.1) is 0 Å². The molecule has 0 saturated heterocycles. The van der Waals surface area contributed by atoms with Crippen molar-refractivity contribution in [3.05, 3.63) is 106 Å². The van der Waals surface area contributed by atoms with E-state index in [2.05, 4.69) is 0 Å². The highest BCUT2D eigenvalue weighted by Crippen LogP contribution is 2.17. The van der Waals surface area contributed by atoms with Gasteiger partial charge < -0.3 is 8.83 Å². The van der Waals surface area contributed by atoms with Gasteiger partial charge in [-0.3, -0.25) is 4.79 Å². The lowest BCUT2D eigenvalue weighted by Gasteiger charge is -1.99. The third-order valence-corrected chi connectivity index (χ3v) is 4.01. The maximum absolute atomic E-state index is 12.0. The van der Waals surface area contributed by atoms with E-state index in [1.54, 1.807) is 24.3 Å². The zero-order chi connectivity index (χ0) is 17.9. The lowest BCUT2D eigenvalue weighted by molar-refractivity contribution is 0.561. The number of para-hydroxylation sites is 3. The predicted octanol–water partition coefficient (Wildman–Crippen LogP) is 4.74. The average molecular weight is 342 g/mol. The van der Waals surface area contributed by atoms with Crippen molar-refractivity contribution in [2.75, 3.05) is 0 Å². The Morgan fingerprint density at radius 3 is 1.69 bits per heavy atom. The highest BCUT2D eigenvalue weighted by molar-refractivity contribution is 5.89. The third kappa shape index (κ3) is 3.00. The van der Waals surface area contributed by atoms with Crippen molar-refractivity contribution in [1.29, 1.82) is 0 Å². The molecular formula is C22H14O4. The van der Waals surface area contributed by atoms with E-state index in [4.69, 9.17) is 8.83 Å². The molecule has 0 aliphatic carbocycles. The van der Waals surface area contributed by atoms with Crippen LogP contribution < -0.4 is 11.1 Å². The van der Waals surface area contributed by atoms with E-state index in [-0.39, 0.29) is 11.1 Å². The molecule has 5 aromatic rings. The summed E-state index contributed by atoms with van der Waals surface area (Å²) < 4.78 is 10.5. The molecule has 3 aromatic carbocycles. The molecule has 0 radical (unpaired) electrons. The Hall–Kier alpha value is -3.66. The normalized spacial score (nSPS) is 10.6. The molecular weight excluding hydrogens is 328 g/mol. The molecule has 0 aliphatic rings. The Balaban J connectivity index is 0.000000136. The van der Waals surface area contributed by atoms with Crippen LogP contribution in [0.3, 0.4) is 0 Å². The van der Waals surface area contributed by atoms with Gasteiger partial charge in [0.1, 0.15) is 16.7 Å². The summed E-state index contributed by atoms with van der Waals surface area (Å²) >= 11 is 0. The zero-order valence-electron chi connectivity index (χ0n) is 13.7. The number of hydrogen-bond donors (Lipinski definition) is 0. The smallest absolute Gasteiger partial charge is 0.336 e. The van der Waals surface area contributed by atoms with Crippen molar-refractivity contribution < 1.29 is 8.83 Å². The summed E-state index contributed by atoms with van der Waals surface area (Å²) in [5.41, 5.74) is 1.65. The summed E-state index contributed by atoms with van der Waals surface area (Å²) in [4.78, 5) is 22.7. The highest BCUT2D eigenvalue weighted by atomic mass is 16.4. The molecule has 5 rings (SSSR count). The van der Waals surface area contributed by atoms with Gasteiger partial charge in [0.2, 0.25) is 5.43 Å². The van der Waals surface area contributed by atoms with E-state index >= 15 is 0 Å². The van der Waals surface area contributed by atoms with E-state index < -0.39 is 0 Å². The molecule has 0 bridgehead atoms. The minimum absolute atomic E-state index is 0.0347. The second kappa shape index (κ2) is 6.69. The van der Waals surface area contributed by atoms with Crippen molar-refractivity contribution in [2.45, 2.75) is 0 Å². The van der Waals surface area contributed by atoms with Gasteiger partial charge in [-0.2, -0.15) is 0 Å². The van der Waals surface area contributed by atoms with Crippen molar-refractivity contribution >= 4 is 32.9 Å². The molecule has 0 unspecified atom stereocenters. The van der Waals surface area contributed by atoms with Crippen molar-refractivity contribution in [1.82, 2.24) is 0 Å². The fourth-order valence-electron chi connectivity index (χ4n) is 2.76. The number of hydrogen-bond acceptors (Lipinski definition) is 4. The third-order valence-electron chi connectivity index (χ3n) is 4.01. The first kappa shape index (κ1) is 15.8.